The Labute approximate surface area is 99.6 Å². The lowest BCUT2D eigenvalue weighted by Crippen LogP contribution is -2.23. The summed E-state index contributed by atoms with van der Waals surface area (Å²) in [6.07, 6.45) is 1.24. The third-order valence-electron chi connectivity index (χ3n) is 1.90. The molecular formula is C8H12N2O5S2. The number of aromatic nitrogens is 1. The lowest BCUT2D eigenvalue weighted by molar-refractivity contribution is 0.412. The Hall–Kier alpha value is -1.19. The number of ether oxygens (including phenoxy) is 1. The van der Waals surface area contributed by atoms with Gasteiger partial charge in [-0.15, -0.1) is 0 Å². The number of sulfonamides is 1. The van der Waals surface area contributed by atoms with Gasteiger partial charge in [-0.3, -0.25) is 0 Å². The summed E-state index contributed by atoms with van der Waals surface area (Å²) in [7, 11) is -6.13. The Morgan fingerprint density at radius 2 is 1.88 bits per heavy atom. The summed E-state index contributed by atoms with van der Waals surface area (Å²) in [4.78, 5) is 3.67. The Bertz CT molecular complexity index is 577. The van der Waals surface area contributed by atoms with Crippen LogP contribution in [0.5, 0.6) is 5.75 Å². The highest BCUT2D eigenvalue weighted by Gasteiger charge is 2.18. The molecule has 9 heteroatoms. The van der Waals surface area contributed by atoms with Crippen molar-refractivity contribution >= 4 is 19.9 Å². The van der Waals surface area contributed by atoms with Crippen LogP contribution < -0.4 is 9.88 Å². The zero-order chi connectivity index (χ0) is 13.1. The summed E-state index contributed by atoms with van der Waals surface area (Å²) in [6.45, 7) is 0. The fraction of sp³-hybridized carbons (Fsp3) is 0.375. The first kappa shape index (κ1) is 13.9. The number of pyridine rings is 1. The molecule has 0 unspecified atom stereocenters. The van der Waals surface area contributed by atoms with E-state index in [0.29, 0.717) is 5.75 Å². The number of rotatable bonds is 5. The summed E-state index contributed by atoms with van der Waals surface area (Å²) >= 11 is 0. The van der Waals surface area contributed by atoms with Crippen LogP contribution in [0.15, 0.2) is 23.4 Å². The molecule has 0 atom stereocenters. The van der Waals surface area contributed by atoms with E-state index < -0.39 is 31.4 Å². The number of sulfone groups is 1. The zero-order valence-electron chi connectivity index (χ0n) is 9.03. The number of hydrogen-bond acceptors (Lipinski definition) is 6. The molecule has 1 aromatic heterocycles. The van der Waals surface area contributed by atoms with Crippen LogP contribution in [0, 0.1) is 0 Å². The second-order valence-electron chi connectivity index (χ2n) is 3.22. The number of nitrogens with zero attached hydrogens (tertiary/aromatic N) is 1. The normalized spacial score (nSPS) is 12.4. The first-order valence-corrected chi connectivity index (χ1v) is 7.85. The molecule has 2 N–H and O–H groups in total. The topological polar surface area (TPSA) is 116 Å². The third-order valence-corrected chi connectivity index (χ3v) is 4.55. The monoisotopic (exact) mass is 280 g/mol. The molecule has 1 rings (SSSR count). The first-order valence-electron chi connectivity index (χ1n) is 4.48. The van der Waals surface area contributed by atoms with Crippen LogP contribution in [0.2, 0.25) is 0 Å². The van der Waals surface area contributed by atoms with E-state index in [1.54, 1.807) is 0 Å². The molecule has 0 spiro atoms. The Morgan fingerprint density at radius 3 is 2.29 bits per heavy atom. The molecule has 0 saturated carbocycles. The van der Waals surface area contributed by atoms with Gasteiger partial charge in [-0.25, -0.2) is 27.0 Å². The minimum absolute atomic E-state index is 0.207. The molecule has 1 heterocycles. The van der Waals surface area contributed by atoms with Gasteiger partial charge in [0, 0.05) is 0 Å². The van der Waals surface area contributed by atoms with Crippen molar-refractivity contribution in [1.29, 1.82) is 0 Å². The van der Waals surface area contributed by atoms with Crippen molar-refractivity contribution in [3.63, 3.8) is 0 Å². The molecular weight excluding hydrogens is 268 g/mol. The molecule has 0 radical (unpaired) electrons. The van der Waals surface area contributed by atoms with Gasteiger partial charge in [0.1, 0.15) is 5.75 Å². The molecule has 0 fully saturated rings. The lowest BCUT2D eigenvalue weighted by atomic mass is 10.5. The maximum absolute atomic E-state index is 11.7. The van der Waals surface area contributed by atoms with Gasteiger partial charge in [-0.05, 0) is 12.1 Å². The summed E-state index contributed by atoms with van der Waals surface area (Å²) in [5, 5.41) is 4.53. The number of hydrogen-bond donors (Lipinski definition) is 1. The average molecular weight is 280 g/mol. The van der Waals surface area contributed by atoms with Gasteiger partial charge in [0.2, 0.25) is 10.0 Å². The predicted molar refractivity (Wildman–Crippen MR) is 60.8 cm³/mol. The van der Waals surface area contributed by atoms with Crippen LogP contribution in [-0.4, -0.2) is 40.4 Å². The quantitative estimate of drug-likeness (QED) is 0.751. The van der Waals surface area contributed by atoms with Gasteiger partial charge in [0.15, 0.2) is 14.9 Å². The number of nitrogens with two attached hydrogens (primary N) is 1. The van der Waals surface area contributed by atoms with E-state index in [0.717, 1.165) is 0 Å². The van der Waals surface area contributed by atoms with E-state index >= 15 is 0 Å². The molecule has 0 aliphatic carbocycles. The van der Waals surface area contributed by atoms with E-state index in [9.17, 15) is 16.8 Å². The van der Waals surface area contributed by atoms with Crippen molar-refractivity contribution in [3.8, 4) is 5.75 Å². The fourth-order valence-electron chi connectivity index (χ4n) is 1.00. The van der Waals surface area contributed by atoms with Crippen molar-refractivity contribution in [2.24, 2.45) is 5.14 Å². The Morgan fingerprint density at radius 1 is 1.24 bits per heavy atom. The van der Waals surface area contributed by atoms with Crippen molar-refractivity contribution in [2.75, 3.05) is 18.6 Å². The summed E-state index contributed by atoms with van der Waals surface area (Å²) < 4.78 is 49.5. The van der Waals surface area contributed by atoms with Gasteiger partial charge in [0.25, 0.3) is 0 Å². The average Bonchev–Trinajstić information content (AvgIpc) is 2.26. The molecule has 96 valence electrons. The Balaban J connectivity index is 2.90. The highest BCUT2D eigenvalue weighted by molar-refractivity contribution is 7.94. The summed E-state index contributed by atoms with van der Waals surface area (Å²) in [6, 6.07) is 2.67. The molecule has 0 aliphatic rings. The predicted octanol–water partition coefficient (Wildman–Crippen LogP) is -0.848. The van der Waals surface area contributed by atoms with Crippen LogP contribution in [0.3, 0.4) is 0 Å². The molecule has 0 aromatic carbocycles. The van der Waals surface area contributed by atoms with E-state index in [4.69, 9.17) is 9.88 Å². The van der Waals surface area contributed by atoms with Crippen molar-refractivity contribution in [3.05, 3.63) is 18.3 Å². The van der Waals surface area contributed by atoms with Crippen LogP contribution >= 0.6 is 0 Å². The fourth-order valence-corrected chi connectivity index (χ4v) is 3.51. The van der Waals surface area contributed by atoms with E-state index in [-0.39, 0.29) is 5.03 Å². The maximum atomic E-state index is 11.7. The van der Waals surface area contributed by atoms with E-state index in [1.807, 2.05) is 0 Å². The maximum Gasteiger partial charge on any atom is 0.210 e. The molecule has 1 aromatic rings. The summed E-state index contributed by atoms with van der Waals surface area (Å²) in [5.41, 5.74) is 0. The third kappa shape index (κ3) is 4.29. The van der Waals surface area contributed by atoms with Gasteiger partial charge in [0.05, 0.1) is 24.8 Å². The minimum Gasteiger partial charge on any atom is -0.495 e. The van der Waals surface area contributed by atoms with Crippen LogP contribution in [0.4, 0.5) is 0 Å². The van der Waals surface area contributed by atoms with Gasteiger partial charge in [-0.2, -0.15) is 0 Å². The molecule has 0 aliphatic heterocycles. The standard InChI is InChI=1S/C8H12N2O5S2/c1-15-7-2-3-8(10-6-7)16(11,12)4-5-17(9,13)14/h2-3,6H,4-5H2,1H3,(H2,9,13,14). The van der Waals surface area contributed by atoms with E-state index in [1.165, 1.54) is 25.4 Å². The smallest absolute Gasteiger partial charge is 0.210 e. The minimum atomic E-state index is -3.81. The number of methoxy groups -OCH3 is 1. The highest BCUT2D eigenvalue weighted by Crippen LogP contribution is 2.13. The molecule has 7 nitrogen and oxygen atoms in total. The lowest BCUT2D eigenvalue weighted by Gasteiger charge is -2.03. The number of primary sulfonamides is 1. The van der Waals surface area contributed by atoms with Crippen molar-refractivity contribution in [1.82, 2.24) is 4.98 Å². The molecule has 0 bridgehead atoms. The van der Waals surface area contributed by atoms with Gasteiger partial charge in [-0.1, -0.05) is 0 Å². The zero-order valence-corrected chi connectivity index (χ0v) is 10.7. The van der Waals surface area contributed by atoms with Crippen LogP contribution in [-0.2, 0) is 19.9 Å². The van der Waals surface area contributed by atoms with Crippen LogP contribution in [0.25, 0.3) is 0 Å². The van der Waals surface area contributed by atoms with Crippen LogP contribution in [0.1, 0.15) is 0 Å². The van der Waals surface area contributed by atoms with E-state index in [2.05, 4.69) is 4.98 Å². The highest BCUT2D eigenvalue weighted by atomic mass is 32.2. The molecule has 0 amide bonds. The molecule has 17 heavy (non-hydrogen) atoms. The van der Waals surface area contributed by atoms with Crippen molar-refractivity contribution < 1.29 is 21.6 Å². The second kappa shape index (κ2) is 4.98. The van der Waals surface area contributed by atoms with Gasteiger partial charge >= 0.3 is 0 Å². The Kier molecular flexibility index (Phi) is 4.07. The first-order chi connectivity index (χ1) is 7.74. The van der Waals surface area contributed by atoms with Crippen molar-refractivity contribution in [2.45, 2.75) is 5.03 Å². The molecule has 0 saturated heterocycles. The summed E-state index contributed by atoms with van der Waals surface area (Å²) in [5.74, 6) is -0.816. The largest absolute Gasteiger partial charge is 0.495 e. The second-order valence-corrected chi connectivity index (χ2v) is 7.01. The van der Waals surface area contributed by atoms with Gasteiger partial charge < -0.3 is 4.74 Å². The SMILES string of the molecule is COc1ccc(S(=O)(=O)CCS(N)(=O)=O)nc1.